The van der Waals surface area contributed by atoms with Gasteiger partial charge in [0.25, 0.3) is 0 Å². The number of nitrogens with one attached hydrogen (secondary N) is 1. The molecule has 0 aliphatic heterocycles. The highest BCUT2D eigenvalue weighted by atomic mass is 35.5. The van der Waals surface area contributed by atoms with Crippen LogP contribution in [0, 0.1) is 11.8 Å². The molecule has 6 heteroatoms. The van der Waals surface area contributed by atoms with Crippen LogP contribution in [-0.4, -0.2) is 23.5 Å². The van der Waals surface area contributed by atoms with Crippen molar-refractivity contribution in [2.75, 3.05) is 6.54 Å². The van der Waals surface area contributed by atoms with Gasteiger partial charge in [-0.15, -0.1) is 0 Å². The van der Waals surface area contributed by atoms with Gasteiger partial charge in [0.15, 0.2) is 6.04 Å². The standard InChI is InChI=1S/C15H21ClN2O3/c1-9(2)7-10(8-17)14(19)18-13(15(20)21)11-5-3-4-6-12(11)16/h3-6,9-10,13H,7-8,17H2,1-2H3,(H,18,19)(H,20,21)/t10?,13-/m1/s1. The summed E-state index contributed by atoms with van der Waals surface area (Å²) in [5, 5.41) is 12.2. The van der Waals surface area contributed by atoms with Gasteiger partial charge in [-0.3, -0.25) is 4.79 Å². The van der Waals surface area contributed by atoms with Crippen LogP contribution in [0.1, 0.15) is 31.9 Å². The Morgan fingerprint density at radius 2 is 1.95 bits per heavy atom. The molecule has 116 valence electrons. The summed E-state index contributed by atoms with van der Waals surface area (Å²) in [7, 11) is 0. The Morgan fingerprint density at radius 3 is 2.43 bits per heavy atom. The van der Waals surface area contributed by atoms with Gasteiger partial charge in [-0.1, -0.05) is 43.6 Å². The van der Waals surface area contributed by atoms with Crippen molar-refractivity contribution in [3.8, 4) is 0 Å². The lowest BCUT2D eigenvalue weighted by atomic mass is 9.95. The number of hydrogen-bond acceptors (Lipinski definition) is 3. The minimum absolute atomic E-state index is 0.179. The zero-order valence-electron chi connectivity index (χ0n) is 12.2. The molecule has 0 saturated heterocycles. The molecule has 0 saturated carbocycles. The molecule has 21 heavy (non-hydrogen) atoms. The Hall–Kier alpha value is -1.59. The molecular weight excluding hydrogens is 292 g/mol. The third kappa shape index (κ3) is 5.02. The number of carbonyl (C=O) groups is 2. The molecule has 2 atom stereocenters. The second-order valence-electron chi connectivity index (χ2n) is 5.36. The Bertz CT molecular complexity index is 505. The molecule has 0 bridgehead atoms. The topological polar surface area (TPSA) is 92.4 Å². The fourth-order valence-electron chi connectivity index (χ4n) is 2.12. The first kappa shape index (κ1) is 17.5. The van der Waals surface area contributed by atoms with Crippen molar-refractivity contribution in [2.24, 2.45) is 17.6 Å². The minimum atomic E-state index is -1.17. The van der Waals surface area contributed by atoms with E-state index in [1.165, 1.54) is 0 Å². The van der Waals surface area contributed by atoms with Crippen molar-refractivity contribution in [1.29, 1.82) is 0 Å². The van der Waals surface area contributed by atoms with Gasteiger partial charge in [-0.05, 0) is 18.4 Å². The lowest BCUT2D eigenvalue weighted by Crippen LogP contribution is -2.40. The van der Waals surface area contributed by atoms with Crippen molar-refractivity contribution in [3.05, 3.63) is 34.9 Å². The van der Waals surface area contributed by atoms with E-state index in [0.29, 0.717) is 22.9 Å². The van der Waals surface area contributed by atoms with Gasteiger partial charge in [0.2, 0.25) is 5.91 Å². The van der Waals surface area contributed by atoms with E-state index in [2.05, 4.69) is 5.32 Å². The maximum atomic E-state index is 12.2. The molecule has 0 fully saturated rings. The van der Waals surface area contributed by atoms with Gasteiger partial charge >= 0.3 is 5.97 Å². The van der Waals surface area contributed by atoms with E-state index in [1.807, 2.05) is 13.8 Å². The average molecular weight is 313 g/mol. The number of carbonyl (C=O) groups excluding carboxylic acids is 1. The van der Waals surface area contributed by atoms with Crippen molar-refractivity contribution in [1.82, 2.24) is 5.32 Å². The number of halogens is 1. The van der Waals surface area contributed by atoms with Crippen LogP contribution >= 0.6 is 11.6 Å². The molecule has 4 N–H and O–H groups in total. The number of carboxylic acids is 1. The van der Waals surface area contributed by atoms with Crippen LogP contribution in [0.2, 0.25) is 5.02 Å². The molecule has 1 aromatic carbocycles. The van der Waals surface area contributed by atoms with Crippen LogP contribution in [0.4, 0.5) is 0 Å². The smallest absolute Gasteiger partial charge is 0.330 e. The zero-order chi connectivity index (χ0) is 16.0. The predicted octanol–water partition coefficient (Wildman–Crippen LogP) is 2.20. The molecule has 0 aliphatic rings. The first-order valence-corrected chi connectivity index (χ1v) is 7.22. The van der Waals surface area contributed by atoms with E-state index in [9.17, 15) is 14.7 Å². The summed E-state index contributed by atoms with van der Waals surface area (Å²) in [6.45, 7) is 4.15. The summed E-state index contributed by atoms with van der Waals surface area (Å²) >= 11 is 6.00. The summed E-state index contributed by atoms with van der Waals surface area (Å²) in [6, 6.07) is 5.38. The van der Waals surface area contributed by atoms with Crippen molar-refractivity contribution in [3.63, 3.8) is 0 Å². The molecule has 0 aromatic heterocycles. The number of hydrogen-bond donors (Lipinski definition) is 3. The van der Waals surface area contributed by atoms with E-state index in [1.54, 1.807) is 24.3 Å². The van der Waals surface area contributed by atoms with Crippen molar-refractivity contribution in [2.45, 2.75) is 26.3 Å². The van der Waals surface area contributed by atoms with Gasteiger partial charge in [0.1, 0.15) is 0 Å². The number of nitrogens with two attached hydrogens (primary N) is 1. The second-order valence-corrected chi connectivity index (χ2v) is 5.77. The van der Waals surface area contributed by atoms with Gasteiger partial charge in [-0.25, -0.2) is 4.79 Å². The predicted molar refractivity (Wildman–Crippen MR) is 82.0 cm³/mol. The third-order valence-electron chi connectivity index (χ3n) is 3.16. The number of rotatable bonds is 7. The third-order valence-corrected chi connectivity index (χ3v) is 3.51. The summed E-state index contributed by atoms with van der Waals surface area (Å²) in [4.78, 5) is 23.6. The monoisotopic (exact) mass is 312 g/mol. The minimum Gasteiger partial charge on any atom is -0.479 e. The van der Waals surface area contributed by atoms with Gasteiger partial charge < -0.3 is 16.2 Å². The quantitative estimate of drug-likeness (QED) is 0.719. The maximum absolute atomic E-state index is 12.2. The zero-order valence-corrected chi connectivity index (χ0v) is 12.9. The number of aliphatic carboxylic acids is 1. The van der Waals surface area contributed by atoms with Crippen LogP contribution in [0.3, 0.4) is 0 Å². The molecule has 0 spiro atoms. The van der Waals surface area contributed by atoms with Crippen LogP contribution in [-0.2, 0) is 9.59 Å². The van der Waals surface area contributed by atoms with Gasteiger partial charge in [0, 0.05) is 17.1 Å². The second kappa shape index (κ2) is 8.00. The summed E-state index contributed by atoms with van der Waals surface area (Å²) < 4.78 is 0. The Labute approximate surface area is 129 Å². The largest absolute Gasteiger partial charge is 0.479 e. The van der Waals surface area contributed by atoms with E-state index >= 15 is 0 Å². The average Bonchev–Trinajstić information content (AvgIpc) is 2.42. The van der Waals surface area contributed by atoms with E-state index in [-0.39, 0.29) is 12.5 Å². The summed E-state index contributed by atoms with van der Waals surface area (Å²) in [5.74, 6) is -1.63. The first-order valence-electron chi connectivity index (χ1n) is 6.84. The molecule has 1 amide bonds. The summed E-state index contributed by atoms with van der Waals surface area (Å²) in [6.07, 6.45) is 0.608. The van der Waals surface area contributed by atoms with E-state index in [4.69, 9.17) is 17.3 Å². The SMILES string of the molecule is CC(C)CC(CN)C(=O)N[C@@H](C(=O)O)c1ccccc1Cl. The normalized spacial score (nSPS) is 13.8. The molecule has 1 aromatic rings. The van der Waals surface area contributed by atoms with Crippen molar-refractivity contribution >= 4 is 23.5 Å². The lowest BCUT2D eigenvalue weighted by molar-refractivity contribution is -0.142. The molecule has 0 heterocycles. The van der Waals surface area contributed by atoms with Gasteiger partial charge in [0.05, 0.1) is 5.92 Å². The van der Waals surface area contributed by atoms with Crippen molar-refractivity contribution < 1.29 is 14.7 Å². The Kier molecular flexibility index (Phi) is 6.65. The Balaban J connectivity index is 2.91. The molecular formula is C15H21ClN2O3. The number of amides is 1. The van der Waals surface area contributed by atoms with Gasteiger partial charge in [-0.2, -0.15) is 0 Å². The van der Waals surface area contributed by atoms with Crippen LogP contribution < -0.4 is 11.1 Å². The molecule has 1 unspecified atom stereocenters. The Morgan fingerprint density at radius 1 is 1.33 bits per heavy atom. The number of benzene rings is 1. The maximum Gasteiger partial charge on any atom is 0.330 e. The highest BCUT2D eigenvalue weighted by molar-refractivity contribution is 6.31. The number of carboxylic acid groups (broad SMARTS) is 1. The fourth-order valence-corrected chi connectivity index (χ4v) is 2.37. The first-order chi connectivity index (χ1) is 9.86. The summed E-state index contributed by atoms with van der Waals surface area (Å²) in [5.41, 5.74) is 5.97. The van der Waals surface area contributed by atoms with E-state index < -0.39 is 17.9 Å². The molecule has 1 rings (SSSR count). The van der Waals surface area contributed by atoms with Crippen LogP contribution in [0.5, 0.6) is 0 Å². The highest BCUT2D eigenvalue weighted by Crippen LogP contribution is 2.23. The van der Waals surface area contributed by atoms with E-state index in [0.717, 1.165) is 0 Å². The lowest BCUT2D eigenvalue weighted by Gasteiger charge is -2.21. The van der Waals surface area contributed by atoms with Crippen LogP contribution in [0.15, 0.2) is 24.3 Å². The fraction of sp³-hybridized carbons (Fsp3) is 0.467. The van der Waals surface area contributed by atoms with Crippen LogP contribution in [0.25, 0.3) is 0 Å². The molecule has 0 aliphatic carbocycles. The molecule has 5 nitrogen and oxygen atoms in total. The molecule has 0 radical (unpaired) electrons. The highest BCUT2D eigenvalue weighted by Gasteiger charge is 2.27.